The number of nitrogens with zero attached hydrogens (tertiary/aromatic N) is 2. The van der Waals surface area contributed by atoms with E-state index in [1.54, 1.807) is 0 Å². The minimum atomic E-state index is -4.04. The molecule has 2 fully saturated rings. The number of likely N-dealkylation sites (tertiary alicyclic amines) is 2. The van der Waals surface area contributed by atoms with Crippen LogP contribution < -0.4 is 0 Å². The van der Waals surface area contributed by atoms with Crippen molar-refractivity contribution in [2.45, 2.75) is 36.2 Å². The Labute approximate surface area is 120 Å². The number of halogens is 3. The van der Waals surface area contributed by atoms with Crippen LogP contribution in [0.3, 0.4) is 0 Å². The number of carbonyl (C=O) groups is 1. The first-order chi connectivity index (χ1) is 8.87. The standard InChI is InChI=1S/C10H16F3N2.CH2O2.Li/c11-10(12,13)8-14-6-2-9(3-7-14)15-4-1-5-15;2-1-3;/h4,9H,1-3,5-8H2;1H,(H,2,3);. The molecule has 0 aromatic heterocycles. The normalized spacial score (nSPS) is 26.3. The molecule has 0 bridgehead atoms. The average Bonchev–Trinajstić information content (AvgIpc) is 2.29. The van der Waals surface area contributed by atoms with Crippen LogP contribution in [0.4, 0.5) is 13.2 Å². The van der Waals surface area contributed by atoms with Gasteiger partial charge in [0, 0.05) is 0 Å². The maximum atomic E-state index is 12.2. The third-order valence-corrected chi connectivity index (χ3v) is 3.80. The van der Waals surface area contributed by atoms with Crippen molar-refractivity contribution in [3.63, 3.8) is 0 Å². The number of hydrogen-bond donors (Lipinski definition) is 1. The molecule has 1 atom stereocenters. The molecule has 2 saturated heterocycles. The molecule has 2 rings (SSSR count). The third-order valence-electron chi connectivity index (χ3n) is 3.80. The zero-order valence-electron chi connectivity index (χ0n) is 11.1. The van der Waals surface area contributed by atoms with Gasteiger partial charge >= 0.3 is 103 Å². The van der Waals surface area contributed by atoms with Crippen LogP contribution >= 0.6 is 0 Å². The SMILES string of the molecule is O=CO.[Li][CH]1CCN1C1CCN(CC(F)(F)F)CC1. The van der Waals surface area contributed by atoms with Crippen molar-refractivity contribution in [3.8, 4) is 0 Å². The molecule has 0 spiro atoms. The molecule has 0 aromatic rings. The van der Waals surface area contributed by atoms with Crippen molar-refractivity contribution in [1.29, 1.82) is 0 Å². The van der Waals surface area contributed by atoms with Crippen molar-refractivity contribution in [1.82, 2.24) is 9.80 Å². The van der Waals surface area contributed by atoms with E-state index in [0.29, 0.717) is 23.8 Å². The zero-order chi connectivity index (χ0) is 14.5. The Balaban J connectivity index is 0.000000550. The van der Waals surface area contributed by atoms with Crippen LogP contribution in [0.25, 0.3) is 0 Å². The van der Waals surface area contributed by atoms with E-state index in [2.05, 4.69) is 22.6 Å². The molecule has 0 radical (unpaired) electrons. The monoisotopic (exact) mass is 274 g/mol. The van der Waals surface area contributed by atoms with Gasteiger partial charge in [-0.2, -0.15) is 0 Å². The second kappa shape index (κ2) is 7.53. The van der Waals surface area contributed by atoms with Crippen molar-refractivity contribution in [2.24, 2.45) is 0 Å². The number of carboxylic acid groups (broad SMARTS) is 1. The van der Waals surface area contributed by atoms with Gasteiger partial charge in [0.15, 0.2) is 0 Å². The number of alkyl halides is 3. The van der Waals surface area contributed by atoms with Gasteiger partial charge in [0.25, 0.3) is 6.47 Å². The van der Waals surface area contributed by atoms with Crippen LogP contribution in [-0.4, -0.2) is 82.2 Å². The molecule has 0 aromatic carbocycles. The summed E-state index contributed by atoms with van der Waals surface area (Å²) in [7, 11) is 0. The van der Waals surface area contributed by atoms with E-state index in [-0.39, 0.29) is 6.47 Å². The summed E-state index contributed by atoms with van der Waals surface area (Å²) in [6.07, 6.45) is -1.03. The van der Waals surface area contributed by atoms with E-state index < -0.39 is 12.7 Å². The molecule has 0 saturated carbocycles. The molecule has 19 heavy (non-hydrogen) atoms. The predicted molar refractivity (Wildman–Crippen MR) is 65.1 cm³/mol. The molecule has 0 aliphatic carbocycles. The molecule has 106 valence electrons. The summed E-state index contributed by atoms with van der Waals surface area (Å²) in [5.74, 6) is 0. The number of rotatable bonds is 2. The Kier molecular flexibility index (Phi) is 6.67. The Bertz CT molecular complexity index is 284. The van der Waals surface area contributed by atoms with E-state index in [9.17, 15) is 13.2 Å². The van der Waals surface area contributed by atoms with E-state index in [1.165, 1.54) is 11.3 Å². The predicted octanol–water partition coefficient (Wildman–Crippen LogP) is 0.914. The van der Waals surface area contributed by atoms with Gasteiger partial charge in [0.2, 0.25) is 0 Å². The molecule has 4 nitrogen and oxygen atoms in total. The zero-order valence-corrected chi connectivity index (χ0v) is 11.1. The molecular formula is C11H18F3LiN2O2. The molecule has 0 amide bonds. The molecular weight excluding hydrogens is 256 g/mol. The summed E-state index contributed by atoms with van der Waals surface area (Å²) in [6, 6.07) is 0.522. The van der Waals surface area contributed by atoms with Crippen molar-refractivity contribution in [3.05, 3.63) is 0 Å². The molecule has 2 aliphatic rings. The Morgan fingerprint density at radius 1 is 1.21 bits per heavy atom. The number of hydrogen-bond acceptors (Lipinski definition) is 3. The Morgan fingerprint density at radius 3 is 2.05 bits per heavy atom. The van der Waals surface area contributed by atoms with Crippen LogP contribution in [-0.2, 0) is 4.79 Å². The van der Waals surface area contributed by atoms with Crippen LogP contribution in [0.15, 0.2) is 0 Å². The van der Waals surface area contributed by atoms with Gasteiger partial charge < -0.3 is 5.11 Å². The third kappa shape index (κ3) is 5.74. The van der Waals surface area contributed by atoms with E-state index >= 15 is 0 Å². The Morgan fingerprint density at radius 2 is 1.74 bits per heavy atom. The van der Waals surface area contributed by atoms with Crippen LogP contribution in [0, 0.1) is 0 Å². The maximum absolute atomic E-state index is 12.2. The minimum absolute atomic E-state index is 0.250. The molecule has 1 unspecified atom stereocenters. The molecule has 2 aliphatic heterocycles. The van der Waals surface area contributed by atoms with Crippen molar-refractivity contribution in [2.75, 3.05) is 26.2 Å². The second-order valence-corrected chi connectivity index (χ2v) is 5.10. The molecule has 2 heterocycles. The first-order valence-corrected chi connectivity index (χ1v) is 6.50. The van der Waals surface area contributed by atoms with Gasteiger partial charge in [0.1, 0.15) is 0 Å². The van der Waals surface area contributed by atoms with Crippen molar-refractivity contribution >= 4 is 24.2 Å². The topological polar surface area (TPSA) is 43.8 Å². The summed E-state index contributed by atoms with van der Waals surface area (Å²) in [5, 5.41) is 6.89. The summed E-state index contributed by atoms with van der Waals surface area (Å²) in [4.78, 5) is 12.3. The fourth-order valence-electron chi connectivity index (χ4n) is 2.74. The Hall–Kier alpha value is -0.223. The van der Waals surface area contributed by atoms with E-state index in [1.807, 2.05) is 0 Å². The molecule has 8 heteroatoms. The summed E-state index contributed by atoms with van der Waals surface area (Å²) >= 11 is 2.20. The fraction of sp³-hybridized carbons (Fsp3) is 0.909. The van der Waals surface area contributed by atoms with Gasteiger partial charge in [0.05, 0.1) is 0 Å². The molecule has 1 N–H and O–H groups in total. The quantitative estimate of drug-likeness (QED) is 0.600. The first-order valence-electron chi connectivity index (χ1n) is 6.50. The van der Waals surface area contributed by atoms with E-state index in [0.717, 1.165) is 19.4 Å². The fourth-order valence-corrected chi connectivity index (χ4v) is 2.74. The summed E-state index contributed by atoms with van der Waals surface area (Å²) < 4.78 is 37.2. The van der Waals surface area contributed by atoms with Gasteiger partial charge in [-0.3, -0.25) is 4.79 Å². The summed E-state index contributed by atoms with van der Waals surface area (Å²) in [5.41, 5.74) is 0. The van der Waals surface area contributed by atoms with Gasteiger partial charge in [-0.05, 0) is 0 Å². The van der Waals surface area contributed by atoms with Gasteiger partial charge in [-0.25, -0.2) is 0 Å². The van der Waals surface area contributed by atoms with Crippen LogP contribution in [0.2, 0.25) is 0 Å². The second-order valence-electron chi connectivity index (χ2n) is 5.10. The van der Waals surface area contributed by atoms with Crippen molar-refractivity contribution < 1.29 is 23.1 Å². The van der Waals surface area contributed by atoms with E-state index in [4.69, 9.17) is 9.90 Å². The van der Waals surface area contributed by atoms with Crippen LogP contribution in [0.5, 0.6) is 0 Å². The number of piperidine rings is 1. The first kappa shape index (κ1) is 16.8. The summed E-state index contributed by atoms with van der Waals surface area (Å²) in [6.45, 7) is 1.32. The average molecular weight is 274 g/mol. The van der Waals surface area contributed by atoms with Gasteiger partial charge in [-0.15, -0.1) is 0 Å². The van der Waals surface area contributed by atoms with Gasteiger partial charge in [-0.1, -0.05) is 0 Å². The van der Waals surface area contributed by atoms with Crippen LogP contribution in [0.1, 0.15) is 19.3 Å².